The number of carbonyl (C=O) groups excluding carboxylic acids is 3. The predicted octanol–water partition coefficient (Wildman–Crippen LogP) is 0.858. The van der Waals surface area contributed by atoms with Crippen LogP contribution in [0.1, 0.15) is 44.6 Å². The largest absolute Gasteiger partial charge is 0.469 e. The molecule has 3 atom stereocenters. The van der Waals surface area contributed by atoms with Crippen molar-refractivity contribution in [2.45, 2.75) is 63.6 Å². The number of nitrogens with one attached hydrogen (secondary N) is 1. The number of phosphoric ester groups is 1. The first kappa shape index (κ1) is 25.0. The normalized spacial score (nSPS) is 18.4. The lowest BCUT2D eigenvalue weighted by Gasteiger charge is -2.30. The van der Waals surface area contributed by atoms with Gasteiger partial charge < -0.3 is 25.7 Å². The van der Waals surface area contributed by atoms with E-state index in [1.54, 1.807) is 0 Å². The molecule has 0 aromatic heterocycles. The second kappa shape index (κ2) is 11.4. The van der Waals surface area contributed by atoms with Crippen LogP contribution < -0.4 is 11.1 Å². The van der Waals surface area contributed by atoms with Crippen molar-refractivity contribution < 1.29 is 33.3 Å². The van der Waals surface area contributed by atoms with Crippen LogP contribution in [0, 0.1) is 0 Å². The molecule has 3 amide bonds. The molecule has 0 radical (unpaired) electrons. The van der Waals surface area contributed by atoms with Crippen LogP contribution in [-0.4, -0.2) is 57.1 Å². The molecule has 0 aliphatic carbocycles. The molecule has 2 rings (SSSR count). The lowest BCUT2D eigenvalue weighted by Crippen LogP contribution is -2.56. The summed E-state index contributed by atoms with van der Waals surface area (Å²) in [6.45, 7) is 1.55. The lowest BCUT2D eigenvalue weighted by molar-refractivity contribution is -0.142. The highest BCUT2D eigenvalue weighted by Crippen LogP contribution is 2.38. The number of aryl methyl sites for hydroxylation is 1. The average molecular weight is 455 g/mol. The molecule has 10 nitrogen and oxygen atoms in total. The number of amides is 3. The first-order valence-electron chi connectivity index (χ1n) is 10.3. The van der Waals surface area contributed by atoms with E-state index in [2.05, 4.69) is 9.84 Å². The Labute approximate surface area is 181 Å². The standard InChI is InChI=1S/C20H30N3O7P/c1-14(30-31(27,28)29)18(20(26)23-13-7-11-16(23)19(21)25)22-17(24)12-6-5-10-15-8-3-2-4-9-15/h2-4,8-9,14,16,18H,5-7,10-13H2,1H3,(H2,21,25)(H,22,24)(H2,27,28,29)/t14-,16+,18+/m1/s1. The van der Waals surface area contributed by atoms with Gasteiger partial charge in [0.25, 0.3) is 0 Å². The molecule has 1 aromatic carbocycles. The Kier molecular flexibility index (Phi) is 9.18. The minimum atomic E-state index is -4.90. The van der Waals surface area contributed by atoms with Gasteiger partial charge in [-0.1, -0.05) is 30.3 Å². The number of primary amides is 1. The number of hydrogen-bond acceptors (Lipinski definition) is 5. The van der Waals surface area contributed by atoms with E-state index in [0.717, 1.165) is 18.4 Å². The van der Waals surface area contributed by atoms with E-state index in [4.69, 9.17) is 15.5 Å². The van der Waals surface area contributed by atoms with Crippen molar-refractivity contribution >= 4 is 25.5 Å². The summed E-state index contributed by atoms with van der Waals surface area (Å²) in [4.78, 5) is 56.6. The zero-order chi connectivity index (χ0) is 23.0. The summed E-state index contributed by atoms with van der Waals surface area (Å²) >= 11 is 0. The number of likely N-dealkylation sites (tertiary alicyclic amines) is 1. The van der Waals surface area contributed by atoms with Gasteiger partial charge in [-0.05, 0) is 44.6 Å². The van der Waals surface area contributed by atoms with Crippen molar-refractivity contribution in [1.29, 1.82) is 0 Å². The molecule has 0 unspecified atom stereocenters. The maximum atomic E-state index is 13.0. The number of phosphoric acid groups is 1. The Balaban J connectivity index is 1.98. The second-order valence-corrected chi connectivity index (χ2v) is 8.82. The Morgan fingerprint density at radius 1 is 1.26 bits per heavy atom. The van der Waals surface area contributed by atoms with Crippen molar-refractivity contribution in [3.63, 3.8) is 0 Å². The fourth-order valence-electron chi connectivity index (χ4n) is 3.67. The van der Waals surface area contributed by atoms with Gasteiger partial charge in [0.1, 0.15) is 12.1 Å². The molecule has 31 heavy (non-hydrogen) atoms. The zero-order valence-electron chi connectivity index (χ0n) is 17.5. The van der Waals surface area contributed by atoms with Crippen LogP contribution in [0.15, 0.2) is 30.3 Å². The molecular weight excluding hydrogens is 425 g/mol. The van der Waals surface area contributed by atoms with E-state index in [1.165, 1.54) is 11.8 Å². The van der Waals surface area contributed by atoms with E-state index in [9.17, 15) is 18.9 Å². The second-order valence-electron chi connectivity index (χ2n) is 7.63. The van der Waals surface area contributed by atoms with Gasteiger partial charge in [0.05, 0.1) is 6.10 Å². The lowest BCUT2D eigenvalue weighted by atomic mass is 10.1. The van der Waals surface area contributed by atoms with Gasteiger partial charge in [0.2, 0.25) is 17.7 Å². The molecule has 0 bridgehead atoms. The third-order valence-electron chi connectivity index (χ3n) is 5.18. The average Bonchev–Trinajstić information content (AvgIpc) is 3.18. The molecule has 0 saturated carbocycles. The van der Waals surface area contributed by atoms with Crippen molar-refractivity contribution in [2.24, 2.45) is 5.73 Å². The molecular formula is C20H30N3O7P. The van der Waals surface area contributed by atoms with Crippen LogP contribution in [0.2, 0.25) is 0 Å². The SMILES string of the molecule is C[C@@H](OP(=O)(O)O)[C@H](NC(=O)CCCCc1ccccc1)C(=O)N1CCC[C@H]1C(N)=O. The fourth-order valence-corrected chi connectivity index (χ4v) is 4.22. The summed E-state index contributed by atoms with van der Waals surface area (Å²) in [6, 6.07) is 7.64. The predicted molar refractivity (Wildman–Crippen MR) is 112 cm³/mol. The molecule has 5 N–H and O–H groups in total. The number of unbranched alkanes of at least 4 members (excludes halogenated alkanes) is 1. The highest BCUT2D eigenvalue weighted by Gasteiger charge is 2.40. The van der Waals surface area contributed by atoms with E-state index in [-0.39, 0.29) is 13.0 Å². The number of nitrogens with zero attached hydrogens (tertiary/aromatic N) is 1. The van der Waals surface area contributed by atoms with E-state index < -0.39 is 43.7 Å². The molecule has 1 heterocycles. The van der Waals surface area contributed by atoms with Crippen LogP contribution >= 0.6 is 7.82 Å². The Morgan fingerprint density at radius 2 is 1.94 bits per heavy atom. The van der Waals surface area contributed by atoms with Crippen LogP contribution in [0.25, 0.3) is 0 Å². The summed E-state index contributed by atoms with van der Waals surface area (Å²) < 4.78 is 15.9. The summed E-state index contributed by atoms with van der Waals surface area (Å²) in [5.74, 6) is -1.76. The molecule has 1 saturated heterocycles. The molecule has 11 heteroatoms. The van der Waals surface area contributed by atoms with Gasteiger partial charge in [-0.25, -0.2) is 4.57 Å². The number of nitrogens with two attached hydrogens (primary N) is 1. The van der Waals surface area contributed by atoms with Gasteiger partial charge >= 0.3 is 7.82 Å². The van der Waals surface area contributed by atoms with Gasteiger partial charge in [0, 0.05) is 13.0 Å². The minimum absolute atomic E-state index is 0.137. The molecule has 1 aliphatic heterocycles. The molecule has 0 spiro atoms. The highest BCUT2D eigenvalue weighted by atomic mass is 31.2. The summed E-state index contributed by atoms with van der Waals surface area (Å²) in [5, 5.41) is 2.52. The third kappa shape index (κ3) is 8.06. The van der Waals surface area contributed by atoms with Gasteiger partial charge in [0.15, 0.2) is 0 Å². The van der Waals surface area contributed by atoms with Crippen molar-refractivity contribution in [3.05, 3.63) is 35.9 Å². The topological polar surface area (TPSA) is 159 Å². The number of hydrogen-bond donors (Lipinski definition) is 4. The molecule has 172 valence electrons. The van der Waals surface area contributed by atoms with Gasteiger partial charge in [-0.2, -0.15) is 0 Å². The highest BCUT2D eigenvalue weighted by molar-refractivity contribution is 7.46. The first-order valence-corrected chi connectivity index (χ1v) is 11.8. The first-order chi connectivity index (χ1) is 14.6. The fraction of sp³-hybridized carbons (Fsp3) is 0.550. The van der Waals surface area contributed by atoms with Crippen LogP contribution in [0.4, 0.5) is 0 Å². The van der Waals surface area contributed by atoms with Crippen molar-refractivity contribution in [1.82, 2.24) is 10.2 Å². The maximum absolute atomic E-state index is 13.0. The van der Waals surface area contributed by atoms with Crippen LogP contribution in [0.5, 0.6) is 0 Å². The van der Waals surface area contributed by atoms with Crippen molar-refractivity contribution in [3.8, 4) is 0 Å². The number of carbonyl (C=O) groups is 3. The van der Waals surface area contributed by atoms with Gasteiger partial charge in [-0.15, -0.1) is 0 Å². The van der Waals surface area contributed by atoms with Crippen LogP contribution in [-0.2, 0) is 29.9 Å². The minimum Gasteiger partial charge on any atom is -0.368 e. The maximum Gasteiger partial charge on any atom is 0.469 e. The van der Waals surface area contributed by atoms with E-state index in [1.807, 2.05) is 30.3 Å². The van der Waals surface area contributed by atoms with Crippen LogP contribution in [0.3, 0.4) is 0 Å². The molecule has 1 fully saturated rings. The summed E-state index contributed by atoms with van der Waals surface area (Å²) in [7, 11) is -4.90. The van der Waals surface area contributed by atoms with E-state index >= 15 is 0 Å². The molecule has 1 aromatic rings. The smallest absolute Gasteiger partial charge is 0.368 e. The van der Waals surface area contributed by atoms with Crippen molar-refractivity contribution in [2.75, 3.05) is 6.54 Å². The molecule has 1 aliphatic rings. The number of benzene rings is 1. The summed E-state index contributed by atoms with van der Waals surface area (Å²) in [6.07, 6.45) is 1.93. The Bertz CT molecular complexity index is 814. The Morgan fingerprint density at radius 3 is 2.55 bits per heavy atom. The third-order valence-corrected chi connectivity index (χ3v) is 5.79. The van der Waals surface area contributed by atoms with E-state index in [0.29, 0.717) is 19.3 Å². The van der Waals surface area contributed by atoms with Gasteiger partial charge in [-0.3, -0.25) is 18.9 Å². The monoisotopic (exact) mass is 455 g/mol. The quantitative estimate of drug-likeness (QED) is 0.284. The zero-order valence-corrected chi connectivity index (χ0v) is 18.4. The summed E-state index contributed by atoms with van der Waals surface area (Å²) in [5.41, 5.74) is 6.52. The number of rotatable bonds is 11. The Hall–Kier alpha value is -2.26.